The second kappa shape index (κ2) is 6.09. The van der Waals surface area contributed by atoms with Gasteiger partial charge >= 0.3 is 0 Å². The third kappa shape index (κ3) is 3.12. The molecule has 0 fully saturated rings. The molecule has 0 amide bonds. The molecule has 0 unspecified atom stereocenters. The molecule has 27 heavy (non-hydrogen) atoms. The van der Waals surface area contributed by atoms with Crippen molar-refractivity contribution in [3.8, 4) is 0 Å². The number of aromatic nitrogens is 3. The normalized spacial score (nSPS) is 15.8. The van der Waals surface area contributed by atoms with Crippen molar-refractivity contribution >= 4 is 25.7 Å². The number of aryl methyl sites for hydroxylation is 1. The van der Waals surface area contributed by atoms with Crippen molar-refractivity contribution in [2.75, 3.05) is 6.54 Å². The number of nitrogens with two attached hydrogens (primary N) is 1. The molecule has 142 valence electrons. The highest BCUT2D eigenvalue weighted by Crippen LogP contribution is 2.25. The molecule has 0 bridgehead atoms. The highest BCUT2D eigenvalue weighted by Gasteiger charge is 2.30. The van der Waals surface area contributed by atoms with Crippen LogP contribution >= 0.6 is 0 Å². The van der Waals surface area contributed by atoms with E-state index in [1.165, 1.54) is 28.6 Å². The van der Waals surface area contributed by atoms with Crippen LogP contribution in [0.3, 0.4) is 0 Å². The number of nitrogens with zero attached hydrogens (tertiary/aromatic N) is 4. The second-order valence-electron chi connectivity index (χ2n) is 6.39. The zero-order valence-electron chi connectivity index (χ0n) is 14.4. The Hall–Kier alpha value is -2.34. The van der Waals surface area contributed by atoms with Gasteiger partial charge in [0.15, 0.2) is 5.65 Å². The Morgan fingerprint density at radius 3 is 2.41 bits per heavy atom. The van der Waals surface area contributed by atoms with E-state index in [1.54, 1.807) is 10.7 Å². The second-order valence-corrected chi connectivity index (χ2v) is 9.89. The van der Waals surface area contributed by atoms with Crippen molar-refractivity contribution < 1.29 is 16.8 Å². The summed E-state index contributed by atoms with van der Waals surface area (Å²) in [4.78, 5) is 4.22. The van der Waals surface area contributed by atoms with Gasteiger partial charge in [-0.1, -0.05) is 0 Å². The topological polar surface area (TPSA) is 128 Å². The Morgan fingerprint density at radius 2 is 1.74 bits per heavy atom. The molecule has 0 saturated carbocycles. The Balaban J connectivity index is 1.67. The molecule has 4 rings (SSSR count). The average Bonchev–Trinajstić information content (AvgIpc) is 3.01. The first kappa shape index (κ1) is 18.0. The molecule has 3 heterocycles. The number of hydrogen-bond acceptors (Lipinski definition) is 6. The van der Waals surface area contributed by atoms with Crippen LogP contribution in [0.5, 0.6) is 0 Å². The quantitative estimate of drug-likeness (QED) is 0.671. The van der Waals surface area contributed by atoms with Crippen molar-refractivity contribution in [2.45, 2.75) is 29.7 Å². The maximum Gasteiger partial charge on any atom is 0.243 e. The fourth-order valence-corrected chi connectivity index (χ4v) is 5.12. The van der Waals surface area contributed by atoms with E-state index in [2.05, 4.69) is 10.1 Å². The highest BCUT2D eigenvalue weighted by atomic mass is 32.2. The van der Waals surface area contributed by atoms with Gasteiger partial charge in [0.05, 0.1) is 21.2 Å². The first-order chi connectivity index (χ1) is 12.7. The molecular formula is C16H17N5O4S2. The Bertz CT molecular complexity index is 1250. The van der Waals surface area contributed by atoms with E-state index in [4.69, 9.17) is 5.14 Å². The van der Waals surface area contributed by atoms with Crippen molar-refractivity contribution in [3.63, 3.8) is 0 Å². The van der Waals surface area contributed by atoms with Gasteiger partial charge in [-0.3, -0.25) is 0 Å². The lowest BCUT2D eigenvalue weighted by atomic mass is 10.1. The fraction of sp³-hybridized carbons (Fsp3) is 0.250. The minimum atomic E-state index is -3.88. The summed E-state index contributed by atoms with van der Waals surface area (Å²) in [6.45, 7) is 2.35. The van der Waals surface area contributed by atoms with Gasteiger partial charge in [0.25, 0.3) is 0 Å². The molecule has 0 saturated heterocycles. The van der Waals surface area contributed by atoms with Crippen LogP contribution in [0.25, 0.3) is 5.65 Å². The molecule has 11 heteroatoms. The van der Waals surface area contributed by atoms with Crippen LogP contribution in [-0.4, -0.2) is 42.3 Å². The molecule has 0 spiro atoms. The third-order valence-corrected chi connectivity index (χ3v) is 7.32. The van der Waals surface area contributed by atoms with Gasteiger partial charge in [-0.2, -0.15) is 9.40 Å². The Kier molecular flexibility index (Phi) is 4.07. The molecule has 1 aromatic carbocycles. The molecule has 1 aliphatic rings. The molecule has 3 aromatic rings. The van der Waals surface area contributed by atoms with E-state index in [0.29, 0.717) is 13.0 Å². The summed E-state index contributed by atoms with van der Waals surface area (Å²) in [5, 5.41) is 9.48. The van der Waals surface area contributed by atoms with Crippen LogP contribution < -0.4 is 5.14 Å². The summed E-state index contributed by atoms with van der Waals surface area (Å²) in [7, 11) is -7.65. The van der Waals surface area contributed by atoms with Crippen LogP contribution in [-0.2, 0) is 33.0 Å². The van der Waals surface area contributed by atoms with E-state index in [9.17, 15) is 16.8 Å². The first-order valence-corrected chi connectivity index (χ1v) is 11.1. The van der Waals surface area contributed by atoms with Crippen LogP contribution in [0, 0.1) is 6.92 Å². The fourth-order valence-electron chi connectivity index (χ4n) is 3.18. The number of rotatable bonds is 3. The average molecular weight is 407 g/mol. The summed E-state index contributed by atoms with van der Waals surface area (Å²) in [6.07, 6.45) is 2.18. The van der Waals surface area contributed by atoms with Gasteiger partial charge in [-0.25, -0.2) is 31.5 Å². The zero-order chi connectivity index (χ0) is 19.4. The number of primary sulfonamides is 1. The lowest BCUT2D eigenvalue weighted by molar-refractivity contribution is 0.384. The predicted octanol–water partition coefficient (Wildman–Crippen LogP) is 0.432. The number of fused-ring (bicyclic) bond motifs is 3. The van der Waals surface area contributed by atoms with Gasteiger partial charge in [0.1, 0.15) is 0 Å². The smallest absolute Gasteiger partial charge is 0.237 e. The first-order valence-electron chi connectivity index (χ1n) is 8.12. The van der Waals surface area contributed by atoms with E-state index >= 15 is 0 Å². The summed E-state index contributed by atoms with van der Waals surface area (Å²) in [5.41, 5.74) is 3.33. The van der Waals surface area contributed by atoms with Gasteiger partial charge < -0.3 is 0 Å². The Labute approximate surface area is 156 Å². The molecule has 0 radical (unpaired) electrons. The SMILES string of the molecule is Cc1cc2ncc3c(n2n1)CCN(S(=O)(=O)c1ccc(S(N)(=O)=O)cc1)C3. The summed E-state index contributed by atoms with van der Waals surface area (Å²) in [6, 6.07) is 6.76. The van der Waals surface area contributed by atoms with Crippen LogP contribution in [0.1, 0.15) is 17.0 Å². The Morgan fingerprint density at radius 1 is 1.07 bits per heavy atom. The summed E-state index contributed by atoms with van der Waals surface area (Å²) >= 11 is 0. The van der Waals surface area contributed by atoms with Crippen molar-refractivity contribution in [2.24, 2.45) is 5.14 Å². The minimum absolute atomic E-state index is 0.0160. The van der Waals surface area contributed by atoms with Gasteiger partial charge in [-0.05, 0) is 31.2 Å². The number of sulfonamides is 2. The lowest BCUT2D eigenvalue weighted by Gasteiger charge is -2.28. The molecule has 1 aliphatic heterocycles. The molecular weight excluding hydrogens is 390 g/mol. The van der Waals surface area contributed by atoms with Crippen LogP contribution in [0.15, 0.2) is 46.3 Å². The van der Waals surface area contributed by atoms with Crippen molar-refractivity contribution in [3.05, 3.63) is 53.5 Å². The molecule has 0 aliphatic carbocycles. The number of hydrogen-bond donors (Lipinski definition) is 1. The maximum atomic E-state index is 12.9. The maximum absolute atomic E-state index is 12.9. The van der Waals surface area contributed by atoms with Gasteiger partial charge in [0.2, 0.25) is 20.0 Å². The van der Waals surface area contributed by atoms with Gasteiger partial charge in [0, 0.05) is 37.3 Å². The standard InChI is InChI=1S/C16H17N5O4S2/c1-11-8-16-18-9-12-10-20(7-6-15(12)21(16)19-11)27(24,25)14-4-2-13(3-5-14)26(17,22)23/h2-5,8-9H,6-7,10H2,1H3,(H2,17,22,23). The van der Waals surface area contributed by atoms with Crippen LogP contribution in [0.2, 0.25) is 0 Å². The van der Waals surface area contributed by atoms with E-state index < -0.39 is 20.0 Å². The van der Waals surface area contributed by atoms with Crippen LogP contribution in [0.4, 0.5) is 0 Å². The van der Waals surface area contributed by atoms with Crippen molar-refractivity contribution in [1.82, 2.24) is 18.9 Å². The van der Waals surface area contributed by atoms with E-state index in [1.807, 2.05) is 13.0 Å². The predicted molar refractivity (Wildman–Crippen MR) is 96.8 cm³/mol. The van der Waals surface area contributed by atoms with E-state index in [-0.39, 0.29) is 16.3 Å². The molecule has 2 N–H and O–H groups in total. The molecule has 9 nitrogen and oxygen atoms in total. The van der Waals surface area contributed by atoms with Crippen molar-refractivity contribution in [1.29, 1.82) is 0 Å². The monoisotopic (exact) mass is 407 g/mol. The van der Waals surface area contributed by atoms with Gasteiger partial charge in [-0.15, -0.1) is 0 Å². The third-order valence-electron chi connectivity index (χ3n) is 4.53. The molecule has 2 aromatic heterocycles. The summed E-state index contributed by atoms with van der Waals surface area (Å²) < 4.78 is 51.7. The zero-order valence-corrected chi connectivity index (χ0v) is 16.0. The largest absolute Gasteiger partial charge is 0.243 e. The summed E-state index contributed by atoms with van der Waals surface area (Å²) in [5.74, 6) is 0. The lowest BCUT2D eigenvalue weighted by Crippen LogP contribution is -2.37. The van der Waals surface area contributed by atoms with E-state index in [0.717, 1.165) is 22.6 Å². The number of benzene rings is 1. The highest BCUT2D eigenvalue weighted by molar-refractivity contribution is 7.89. The minimum Gasteiger partial charge on any atom is -0.237 e. The molecule has 0 atom stereocenters.